The number of hydrogen-bond donors (Lipinski definition) is 2. The van der Waals surface area contributed by atoms with Gasteiger partial charge < -0.3 is 5.11 Å². The molecule has 2 aromatic carbocycles. The Bertz CT molecular complexity index is 1060. The van der Waals surface area contributed by atoms with Crippen LogP contribution in [0, 0.1) is 6.92 Å². The molecule has 28 heavy (non-hydrogen) atoms. The van der Waals surface area contributed by atoms with Crippen molar-refractivity contribution < 1.29 is 18.3 Å². The van der Waals surface area contributed by atoms with Crippen molar-refractivity contribution in [2.45, 2.75) is 24.0 Å². The molecular weight excluding hydrogens is 400 g/mol. The second-order valence-electron chi connectivity index (χ2n) is 6.29. The number of sulfonamides is 1. The van der Waals surface area contributed by atoms with Crippen LogP contribution in [0.5, 0.6) is 0 Å². The number of rotatable bonds is 6. The molecule has 0 aliphatic carbocycles. The summed E-state index contributed by atoms with van der Waals surface area (Å²) in [6, 6.07) is 14.8. The summed E-state index contributed by atoms with van der Waals surface area (Å²) < 4.78 is 29.6. The molecule has 2 N–H and O–H groups in total. The van der Waals surface area contributed by atoms with Crippen LogP contribution < -0.4 is 4.72 Å². The summed E-state index contributed by atoms with van der Waals surface area (Å²) >= 11 is 5.92. The van der Waals surface area contributed by atoms with Gasteiger partial charge in [-0.15, -0.1) is 0 Å². The molecule has 0 aliphatic heterocycles. The Labute approximate surface area is 168 Å². The summed E-state index contributed by atoms with van der Waals surface area (Å²) in [5, 5.41) is 11.2. The summed E-state index contributed by atoms with van der Waals surface area (Å²) in [5.74, 6) is -0.655. The van der Waals surface area contributed by atoms with E-state index in [9.17, 15) is 18.3 Å². The number of aliphatic hydroxyl groups is 1. The van der Waals surface area contributed by atoms with Crippen LogP contribution in [0.15, 0.2) is 78.0 Å². The van der Waals surface area contributed by atoms with Crippen molar-refractivity contribution in [3.05, 3.63) is 89.2 Å². The molecule has 6 nitrogen and oxygen atoms in total. The molecule has 146 valence electrons. The zero-order chi connectivity index (χ0) is 20.3. The summed E-state index contributed by atoms with van der Waals surface area (Å²) in [7, 11) is -4.00. The molecule has 0 bridgehead atoms. The average molecular weight is 419 g/mol. The van der Waals surface area contributed by atoms with E-state index in [4.69, 9.17) is 11.6 Å². The SMILES string of the molecule is Cc1ccccc1S(=O)(=O)N[C@@H](c1ccc(Cl)cc1)[C@@H](O)C(=O)n1cccc1. The van der Waals surface area contributed by atoms with E-state index >= 15 is 0 Å². The predicted molar refractivity (Wildman–Crippen MR) is 107 cm³/mol. The summed E-state index contributed by atoms with van der Waals surface area (Å²) in [4.78, 5) is 12.7. The Balaban J connectivity index is 2.00. The van der Waals surface area contributed by atoms with E-state index in [0.717, 1.165) is 0 Å². The van der Waals surface area contributed by atoms with Gasteiger partial charge in [-0.1, -0.05) is 41.9 Å². The zero-order valence-corrected chi connectivity index (χ0v) is 16.6. The van der Waals surface area contributed by atoms with Crippen molar-refractivity contribution in [2.24, 2.45) is 0 Å². The first-order valence-electron chi connectivity index (χ1n) is 8.48. The maximum absolute atomic E-state index is 13.0. The van der Waals surface area contributed by atoms with E-state index in [1.54, 1.807) is 61.5 Å². The van der Waals surface area contributed by atoms with Gasteiger partial charge in [0.15, 0.2) is 6.10 Å². The van der Waals surface area contributed by atoms with Crippen LogP contribution in [-0.2, 0) is 10.0 Å². The molecule has 0 amide bonds. The van der Waals surface area contributed by atoms with E-state index < -0.39 is 28.1 Å². The van der Waals surface area contributed by atoms with Crippen molar-refractivity contribution in [2.75, 3.05) is 0 Å². The number of carbonyl (C=O) groups excluding carboxylic acids is 1. The lowest BCUT2D eigenvalue weighted by molar-refractivity contribution is 0.0586. The van der Waals surface area contributed by atoms with Crippen LogP contribution in [0.1, 0.15) is 22.0 Å². The number of carbonyl (C=O) groups is 1. The van der Waals surface area contributed by atoms with E-state index in [1.807, 2.05) is 0 Å². The molecule has 1 aromatic heterocycles. The Kier molecular flexibility index (Phi) is 6.00. The summed E-state index contributed by atoms with van der Waals surface area (Å²) in [6.45, 7) is 1.67. The van der Waals surface area contributed by atoms with Crippen LogP contribution >= 0.6 is 11.6 Å². The van der Waals surface area contributed by atoms with E-state index in [1.165, 1.54) is 23.0 Å². The number of aromatic nitrogens is 1. The number of aliphatic hydroxyl groups excluding tert-OH is 1. The van der Waals surface area contributed by atoms with E-state index in [0.29, 0.717) is 16.1 Å². The Hall–Kier alpha value is -2.45. The number of aryl methyl sites for hydroxylation is 1. The lowest BCUT2D eigenvalue weighted by Crippen LogP contribution is -2.42. The smallest absolute Gasteiger partial charge is 0.261 e. The number of benzene rings is 2. The molecule has 8 heteroatoms. The van der Waals surface area contributed by atoms with Gasteiger partial charge >= 0.3 is 0 Å². The molecule has 3 aromatic rings. The highest BCUT2D eigenvalue weighted by atomic mass is 35.5. The number of nitrogens with one attached hydrogen (secondary N) is 1. The molecule has 0 spiro atoms. The predicted octanol–water partition coefficient (Wildman–Crippen LogP) is 3.17. The summed E-state index contributed by atoms with van der Waals surface area (Å²) in [5.41, 5.74) is 0.964. The normalized spacial score (nSPS) is 13.8. The van der Waals surface area contributed by atoms with Crippen molar-refractivity contribution in [1.29, 1.82) is 0 Å². The maximum Gasteiger partial charge on any atom is 0.261 e. The van der Waals surface area contributed by atoms with Crippen molar-refractivity contribution in [3.8, 4) is 0 Å². The lowest BCUT2D eigenvalue weighted by Gasteiger charge is -2.24. The first-order chi connectivity index (χ1) is 13.3. The molecule has 1 heterocycles. The largest absolute Gasteiger partial charge is 0.381 e. The molecular formula is C20H19ClN2O4S. The highest BCUT2D eigenvalue weighted by Gasteiger charge is 2.33. The molecule has 0 saturated carbocycles. The summed E-state index contributed by atoms with van der Waals surface area (Å²) in [6.07, 6.45) is 1.33. The van der Waals surface area contributed by atoms with Gasteiger partial charge in [-0.05, 0) is 48.4 Å². The minimum Gasteiger partial charge on any atom is -0.381 e. The van der Waals surface area contributed by atoms with Crippen LogP contribution in [-0.4, -0.2) is 30.1 Å². The van der Waals surface area contributed by atoms with Gasteiger partial charge in [0.1, 0.15) is 0 Å². The Morgan fingerprint density at radius 1 is 1.04 bits per heavy atom. The monoisotopic (exact) mass is 418 g/mol. The fourth-order valence-corrected chi connectivity index (χ4v) is 4.45. The minimum atomic E-state index is -4.00. The Morgan fingerprint density at radius 2 is 1.64 bits per heavy atom. The maximum atomic E-state index is 13.0. The molecule has 0 aliphatic rings. The fraction of sp³-hybridized carbons (Fsp3) is 0.150. The van der Waals surface area contributed by atoms with E-state index in [-0.39, 0.29) is 4.90 Å². The third kappa shape index (κ3) is 4.34. The first-order valence-corrected chi connectivity index (χ1v) is 10.3. The van der Waals surface area contributed by atoms with Gasteiger partial charge in [-0.2, -0.15) is 0 Å². The number of halogens is 1. The second kappa shape index (κ2) is 8.28. The third-order valence-electron chi connectivity index (χ3n) is 4.32. The van der Waals surface area contributed by atoms with Crippen molar-refractivity contribution in [3.63, 3.8) is 0 Å². The standard InChI is InChI=1S/C20H19ClN2O4S/c1-14-6-2-3-7-17(14)28(26,27)22-18(15-8-10-16(21)11-9-15)19(24)20(25)23-12-4-5-13-23/h2-13,18-19,22,24H,1H3/t18-,19+/m0/s1. The molecule has 0 unspecified atom stereocenters. The van der Waals surface area contributed by atoms with E-state index in [2.05, 4.69) is 4.72 Å². The highest BCUT2D eigenvalue weighted by Crippen LogP contribution is 2.24. The van der Waals surface area contributed by atoms with Gasteiger partial charge in [0, 0.05) is 17.4 Å². The topological polar surface area (TPSA) is 88.4 Å². The molecule has 0 saturated heterocycles. The van der Waals surface area contributed by atoms with Crippen molar-refractivity contribution in [1.82, 2.24) is 9.29 Å². The first kappa shape index (κ1) is 20.3. The van der Waals surface area contributed by atoms with Crippen LogP contribution in [0.25, 0.3) is 0 Å². The third-order valence-corrected chi connectivity index (χ3v) is 6.18. The number of hydrogen-bond acceptors (Lipinski definition) is 4. The minimum absolute atomic E-state index is 0.0783. The highest BCUT2D eigenvalue weighted by molar-refractivity contribution is 7.89. The molecule has 2 atom stereocenters. The second-order valence-corrected chi connectivity index (χ2v) is 8.41. The zero-order valence-electron chi connectivity index (χ0n) is 15.0. The van der Waals surface area contributed by atoms with Gasteiger partial charge in [-0.3, -0.25) is 9.36 Å². The van der Waals surface area contributed by atoms with Gasteiger partial charge in [-0.25, -0.2) is 13.1 Å². The van der Waals surface area contributed by atoms with Crippen molar-refractivity contribution >= 4 is 27.5 Å². The van der Waals surface area contributed by atoms with Gasteiger partial charge in [0.05, 0.1) is 10.9 Å². The van der Waals surface area contributed by atoms with Crippen LogP contribution in [0.3, 0.4) is 0 Å². The average Bonchev–Trinajstić information content (AvgIpc) is 3.21. The number of nitrogens with zero attached hydrogens (tertiary/aromatic N) is 1. The van der Waals surface area contributed by atoms with Gasteiger partial charge in [0.2, 0.25) is 10.0 Å². The molecule has 0 radical (unpaired) electrons. The molecule has 0 fully saturated rings. The van der Waals surface area contributed by atoms with Gasteiger partial charge in [0.25, 0.3) is 5.91 Å². The van der Waals surface area contributed by atoms with Crippen LogP contribution in [0.2, 0.25) is 5.02 Å². The fourth-order valence-electron chi connectivity index (χ4n) is 2.85. The Morgan fingerprint density at radius 3 is 2.25 bits per heavy atom. The van der Waals surface area contributed by atoms with Crippen LogP contribution in [0.4, 0.5) is 0 Å². The quantitative estimate of drug-likeness (QED) is 0.643. The molecule has 3 rings (SSSR count). The lowest BCUT2D eigenvalue weighted by atomic mass is 10.0.